The van der Waals surface area contributed by atoms with Crippen molar-refractivity contribution < 1.29 is 22.7 Å². The molecule has 8 heteroatoms. The number of carbonyl (C=O) groups excluding carboxylic acids is 1. The van der Waals surface area contributed by atoms with Gasteiger partial charge in [0.1, 0.15) is 5.75 Å². The summed E-state index contributed by atoms with van der Waals surface area (Å²) in [6, 6.07) is 11.0. The smallest absolute Gasteiger partial charge is 0.261 e. The topological polar surface area (TPSA) is 93.7 Å². The van der Waals surface area contributed by atoms with Gasteiger partial charge in [0.05, 0.1) is 18.1 Å². The van der Waals surface area contributed by atoms with Crippen molar-refractivity contribution in [3.63, 3.8) is 0 Å². The van der Waals surface area contributed by atoms with E-state index in [0.717, 1.165) is 0 Å². The van der Waals surface area contributed by atoms with Crippen LogP contribution in [0, 0.1) is 6.92 Å². The Morgan fingerprint density at radius 1 is 1.10 bits per heavy atom. The summed E-state index contributed by atoms with van der Waals surface area (Å²) in [4.78, 5) is 12.5. The van der Waals surface area contributed by atoms with Gasteiger partial charge in [-0.05, 0) is 69.2 Å². The molecule has 0 bridgehead atoms. The van der Waals surface area contributed by atoms with Gasteiger partial charge in [-0.15, -0.1) is 0 Å². The first-order chi connectivity index (χ1) is 13.7. The Morgan fingerprint density at radius 3 is 2.41 bits per heavy atom. The van der Waals surface area contributed by atoms with Crippen LogP contribution in [0.3, 0.4) is 0 Å². The summed E-state index contributed by atoms with van der Waals surface area (Å²) in [7, 11) is -2.30. The van der Waals surface area contributed by atoms with Gasteiger partial charge in [-0.2, -0.15) is 0 Å². The van der Waals surface area contributed by atoms with Crippen LogP contribution < -0.4 is 14.8 Å². The molecule has 0 saturated carbocycles. The van der Waals surface area contributed by atoms with Crippen molar-refractivity contribution in [3.05, 3.63) is 53.6 Å². The number of amides is 1. The van der Waals surface area contributed by atoms with E-state index in [2.05, 4.69) is 10.0 Å². The van der Waals surface area contributed by atoms with E-state index in [1.54, 1.807) is 37.3 Å². The van der Waals surface area contributed by atoms with Gasteiger partial charge in [0.25, 0.3) is 15.9 Å². The molecular formula is C21H28N2O5S. The normalized spacial score (nSPS) is 11.3. The number of rotatable bonds is 10. The summed E-state index contributed by atoms with van der Waals surface area (Å²) in [5.41, 5.74) is 1.43. The number of carbonyl (C=O) groups is 1. The Kier molecular flexibility index (Phi) is 8.04. The van der Waals surface area contributed by atoms with Crippen LogP contribution in [0.1, 0.15) is 36.2 Å². The Labute approximate surface area is 172 Å². The van der Waals surface area contributed by atoms with Gasteiger partial charge in [0.2, 0.25) is 0 Å². The molecule has 2 rings (SSSR count). The molecule has 0 atom stereocenters. The first-order valence-electron chi connectivity index (χ1n) is 9.40. The molecule has 29 heavy (non-hydrogen) atoms. The molecule has 2 N–H and O–H groups in total. The monoisotopic (exact) mass is 420 g/mol. The minimum atomic E-state index is -3.84. The predicted octanol–water partition coefficient (Wildman–Crippen LogP) is 3.35. The fraction of sp³-hybridized carbons (Fsp3) is 0.381. The van der Waals surface area contributed by atoms with Crippen LogP contribution in [0.5, 0.6) is 5.75 Å². The first kappa shape index (κ1) is 22.7. The van der Waals surface area contributed by atoms with Crippen LogP contribution in [0.4, 0.5) is 5.69 Å². The fourth-order valence-electron chi connectivity index (χ4n) is 2.57. The molecule has 0 unspecified atom stereocenters. The second-order valence-electron chi connectivity index (χ2n) is 6.84. The van der Waals surface area contributed by atoms with Crippen LogP contribution in [-0.4, -0.2) is 40.7 Å². The van der Waals surface area contributed by atoms with E-state index in [0.29, 0.717) is 42.1 Å². The van der Waals surface area contributed by atoms with Gasteiger partial charge in [-0.3, -0.25) is 9.52 Å². The summed E-state index contributed by atoms with van der Waals surface area (Å²) in [5, 5.41) is 2.81. The molecule has 0 aromatic heterocycles. The van der Waals surface area contributed by atoms with Crippen molar-refractivity contribution in [3.8, 4) is 5.75 Å². The molecule has 0 spiro atoms. The van der Waals surface area contributed by atoms with Gasteiger partial charge in [-0.25, -0.2) is 8.42 Å². The second kappa shape index (κ2) is 10.3. The Morgan fingerprint density at radius 2 is 1.79 bits per heavy atom. The van der Waals surface area contributed by atoms with E-state index in [1.165, 1.54) is 19.2 Å². The van der Waals surface area contributed by atoms with Crippen molar-refractivity contribution in [2.45, 2.75) is 38.2 Å². The summed E-state index contributed by atoms with van der Waals surface area (Å²) in [5.74, 6) is 0.314. The van der Waals surface area contributed by atoms with E-state index in [1.807, 2.05) is 13.8 Å². The zero-order valence-corrected chi connectivity index (χ0v) is 18.0. The van der Waals surface area contributed by atoms with Crippen LogP contribution in [0.15, 0.2) is 47.4 Å². The maximum atomic E-state index is 12.7. The third kappa shape index (κ3) is 6.76. The molecule has 7 nitrogen and oxygen atoms in total. The number of methoxy groups -OCH3 is 1. The molecule has 0 aliphatic heterocycles. The molecular weight excluding hydrogens is 392 g/mol. The highest BCUT2D eigenvalue weighted by molar-refractivity contribution is 7.92. The van der Waals surface area contributed by atoms with E-state index in [9.17, 15) is 13.2 Å². The number of benzene rings is 2. The number of sulfonamides is 1. The average Bonchev–Trinajstić information content (AvgIpc) is 2.67. The zero-order chi connectivity index (χ0) is 21.4. The Hall–Kier alpha value is -2.58. The van der Waals surface area contributed by atoms with Crippen molar-refractivity contribution in [2.75, 3.05) is 25.0 Å². The lowest BCUT2D eigenvalue weighted by molar-refractivity contribution is 0.0757. The van der Waals surface area contributed by atoms with Gasteiger partial charge >= 0.3 is 0 Å². The summed E-state index contributed by atoms with van der Waals surface area (Å²) in [6.07, 6.45) is 0.827. The Balaban J connectivity index is 2.08. The number of aryl methyl sites for hydroxylation is 1. The maximum Gasteiger partial charge on any atom is 0.261 e. The van der Waals surface area contributed by atoms with E-state index < -0.39 is 10.0 Å². The minimum Gasteiger partial charge on any atom is -0.497 e. The van der Waals surface area contributed by atoms with Crippen molar-refractivity contribution in [2.24, 2.45) is 0 Å². The fourth-order valence-corrected chi connectivity index (χ4v) is 3.66. The SMILES string of the molecule is COc1ccc(NS(=O)(=O)c2ccc(C)c(C(=O)NCCCOC(C)C)c2)cc1. The van der Waals surface area contributed by atoms with Crippen LogP contribution in [-0.2, 0) is 14.8 Å². The summed E-state index contributed by atoms with van der Waals surface area (Å²) < 4.78 is 38.4. The Bertz CT molecular complexity index is 925. The minimum absolute atomic E-state index is 0.0206. The lowest BCUT2D eigenvalue weighted by atomic mass is 10.1. The van der Waals surface area contributed by atoms with Gasteiger partial charge in [0.15, 0.2) is 0 Å². The number of anilines is 1. The van der Waals surface area contributed by atoms with Gasteiger partial charge in [-0.1, -0.05) is 6.07 Å². The molecule has 2 aromatic rings. The van der Waals surface area contributed by atoms with Crippen molar-refractivity contribution in [1.82, 2.24) is 5.32 Å². The third-order valence-electron chi connectivity index (χ3n) is 4.16. The number of hydrogen-bond acceptors (Lipinski definition) is 5. The van der Waals surface area contributed by atoms with Crippen molar-refractivity contribution in [1.29, 1.82) is 0 Å². The molecule has 0 fully saturated rings. The zero-order valence-electron chi connectivity index (χ0n) is 17.2. The molecule has 158 valence electrons. The lowest BCUT2D eigenvalue weighted by Crippen LogP contribution is -2.26. The van der Waals surface area contributed by atoms with Crippen LogP contribution in [0.2, 0.25) is 0 Å². The largest absolute Gasteiger partial charge is 0.497 e. The molecule has 0 radical (unpaired) electrons. The van der Waals surface area contributed by atoms with E-state index in [-0.39, 0.29) is 16.9 Å². The number of nitrogens with one attached hydrogen (secondary N) is 2. The standard InChI is InChI=1S/C21H28N2O5S/c1-15(2)28-13-5-12-22-21(24)20-14-19(11-6-16(20)3)29(25,26)23-17-7-9-18(27-4)10-8-17/h6-11,14-15,23H,5,12-13H2,1-4H3,(H,22,24). The molecule has 0 aliphatic carbocycles. The van der Waals surface area contributed by atoms with Gasteiger partial charge in [0, 0.05) is 24.4 Å². The second-order valence-corrected chi connectivity index (χ2v) is 8.52. The first-order valence-corrected chi connectivity index (χ1v) is 10.9. The molecule has 0 aliphatic rings. The highest BCUT2D eigenvalue weighted by Gasteiger charge is 2.18. The van der Waals surface area contributed by atoms with Crippen molar-refractivity contribution >= 4 is 21.6 Å². The van der Waals surface area contributed by atoms with Crippen LogP contribution >= 0.6 is 0 Å². The number of hydrogen-bond donors (Lipinski definition) is 2. The molecule has 0 saturated heterocycles. The maximum absolute atomic E-state index is 12.7. The quantitative estimate of drug-likeness (QED) is 0.575. The molecule has 1 amide bonds. The lowest BCUT2D eigenvalue weighted by Gasteiger charge is -2.12. The summed E-state index contributed by atoms with van der Waals surface area (Å²) >= 11 is 0. The highest BCUT2D eigenvalue weighted by Crippen LogP contribution is 2.21. The number of ether oxygens (including phenoxy) is 2. The third-order valence-corrected chi connectivity index (χ3v) is 5.54. The average molecular weight is 421 g/mol. The summed E-state index contributed by atoms with van der Waals surface area (Å²) in [6.45, 7) is 6.68. The molecule has 2 aromatic carbocycles. The molecule has 0 heterocycles. The highest BCUT2D eigenvalue weighted by atomic mass is 32.2. The van der Waals surface area contributed by atoms with E-state index in [4.69, 9.17) is 9.47 Å². The van der Waals surface area contributed by atoms with Gasteiger partial charge < -0.3 is 14.8 Å². The predicted molar refractivity (Wildman–Crippen MR) is 113 cm³/mol. The van der Waals surface area contributed by atoms with Crippen LogP contribution in [0.25, 0.3) is 0 Å². The van der Waals surface area contributed by atoms with E-state index >= 15 is 0 Å².